The largest absolute Gasteiger partial charge is 0.467 e. The van der Waals surface area contributed by atoms with Crippen molar-refractivity contribution in [3.05, 3.63) is 40.9 Å². The van der Waals surface area contributed by atoms with Crippen LogP contribution < -0.4 is 10.6 Å². The number of hydrogen-bond acceptors (Lipinski definition) is 7. The van der Waals surface area contributed by atoms with Gasteiger partial charge in [-0.3, -0.25) is 9.59 Å². The smallest absolute Gasteiger partial charge is 0.264 e. The molecule has 4 rings (SSSR count). The van der Waals surface area contributed by atoms with Gasteiger partial charge in [-0.25, -0.2) is 9.97 Å². The molecule has 1 aliphatic rings. The molecule has 0 unspecified atom stereocenters. The first-order chi connectivity index (χ1) is 12.6. The molecule has 0 radical (unpaired) electrons. The first-order valence-corrected chi connectivity index (χ1v) is 9.01. The van der Waals surface area contributed by atoms with Crippen LogP contribution in [0.1, 0.15) is 21.0 Å². The summed E-state index contributed by atoms with van der Waals surface area (Å²) in [6.45, 7) is 3.45. The number of rotatable bonds is 4. The topological polar surface area (TPSA) is 100 Å². The number of nitrogens with one attached hydrogen (secondary N) is 2. The van der Waals surface area contributed by atoms with Crippen LogP contribution in [0.3, 0.4) is 0 Å². The van der Waals surface area contributed by atoms with Crippen molar-refractivity contribution in [2.45, 2.75) is 13.5 Å². The molecule has 2 N–H and O–H groups in total. The summed E-state index contributed by atoms with van der Waals surface area (Å²) in [5, 5.41) is 6.80. The van der Waals surface area contributed by atoms with Gasteiger partial charge >= 0.3 is 0 Å². The number of anilines is 1. The maximum absolute atomic E-state index is 12.9. The molecule has 0 aliphatic carbocycles. The number of furan rings is 1. The maximum atomic E-state index is 12.9. The van der Waals surface area contributed by atoms with Crippen molar-refractivity contribution in [3.63, 3.8) is 0 Å². The highest BCUT2D eigenvalue weighted by molar-refractivity contribution is 7.20. The summed E-state index contributed by atoms with van der Waals surface area (Å²) in [6, 6.07) is 3.70. The highest BCUT2D eigenvalue weighted by Gasteiger charge is 2.26. The number of fused-ring (bicyclic) bond motifs is 1. The third-order valence-electron chi connectivity index (χ3n) is 4.26. The van der Waals surface area contributed by atoms with E-state index in [1.54, 1.807) is 11.2 Å². The molecule has 0 saturated carbocycles. The van der Waals surface area contributed by atoms with Crippen LogP contribution in [0.5, 0.6) is 0 Å². The number of amides is 2. The monoisotopic (exact) mass is 371 g/mol. The molecular formula is C17H17N5O3S. The summed E-state index contributed by atoms with van der Waals surface area (Å²) < 4.78 is 5.33. The van der Waals surface area contributed by atoms with Crippen LogP contribution in [-0.2, 0) is 11.3 Å². The van der Waals surface area contributed by atoms with Crippen molar-refractivity contribution in [1.29, 1.82) is 0 Å². The third kappa shape index (κ3) is 3.01. The Bertz CT molecular complexity index is 966. The molecule has 0 atom stereocenters. The zero-order valence-corrected chi connectivity index (χ0v) is 14.9. The van der Waals surface area contributed by atoms with Crippen LogP contribution in [0, 0.1) is 6.92 Å². The standard InChI is InChI=1S/C17H17N5O3S/c1-10-13-15(19-7-11-3-2-6-25-11)20-9-21-16(13)26-14(10)17(24)22-5-4-18-12(23)8-22/h2-3,6,9H,4-5,7-8H2,1H3,(H,18,23)(H,19,20,21). The fourth-order valence-corrected chi connectivity index (χ4v) is 4.07. The van der Waals surface area contributed by atoms with Crippen LogP contribution in [0.25, 0.3) is 10.2 Å². The second kappa shape index (κ2) is 6.75. The van der Waals surface area contributed by atoms with Crippen molar-refractivity contribution in [2.75, 3.05) is 25.0 Å². The molecule has 4 heterocycles. The lowest BCUT2D eigenvalue weighted by Crippen LogP contribution is -2.49. The van der Waals surface area contributed by atoms with Crippen molar-refractivity contribution in [2.24, 2.45) is 0 Å². The van der Waals surface area contributed by atoms with Gasteiger partial charge in [0.15, 0.2) is 0 Å². The third-order valence-corrected chi connectivity index (χ3v) is 5.44. The zero-order valence-electron chi connectivity index (χ0n) is 14.1. The SMILES string of the molecule is Cc1c(C(=O)N2CCNC(=O)C2)sc2ncnc(NCc3ccco3)c12. The molecule has 2 amide bonds. The van der Waals surface area contributed by atoms with Crippen molar-refractivity contribution in [3.8, 4) is 0 Å². The molecule has 3 aromatic rings. The zero-order chi connectivity index (χ0) is 18.1. The fourth-order valence-electron chi connectivity index (χ4n) is 2.95. The average molecular weight is 371 g/mol. The molecule has 1 aliphatic heterocycles. The minimum Gasteiger partial charge on any atom is -0.467 e. The van der Waals surface area contributed by atoms with E-state index in [1.165, 1.54) is 17.7 Å². The van der Waals surface area contributed by atoms with Crippen LogP contribution in [0.2, 0.25) is 0 Å². The Morgan fingerprint density at radius 2 is 2.35 bits per heavy atom. The Labute approximate surface area is 153 Å². The van der Waals surface area contributed by atoms with Crippen molar-refractivity contribution < 1.29 is 14.0 Å². The van der Waals surface area contributed by atoms with E-state index in [2.05, 4.69) is 20.6 Å². The van der Waals surface area contributed by atoms with E-state index in [-0.39, 0.29) is 18.4 Å². The Balaban J connectivity index is 1.64. The average Bonchev–Trinajstić information content (AvgIpc) is 3.28. The number of aryl methyl sites for hydroxylation is 1. The van der Waals surface area contributed by atoms with E-state index in [4.69, 9.17) is 4.42 Å². The van der Waals surface area contributed by atoms with Gasteiger partial charge in [0, 0.05) is 13.1 Å². The van der Waals surface area contributed by atoms with E-state index in [1.807, 2.05) is 19.1 Å². The predicted octanol–water partition coefficient (Wildman–Crippen LogP) is 1.78. The number of nitrogens with zero attached hydrogens (tertiary/aromatic N) is 3. The molecule has 3 aromatic heterocycles. The minimum absolute atomic E-state index is 0.0851. The van der Waals surface area contributed by atoms with Gasteiger partial charge < -0.3 is 20.0 Å². The summed E-state index contributed by atoms with van der Waals surface area (Å²) >= 11 is 1.33. The van der Waals surface area contributed by atoms with Gasteiger partial charge in [0.25, 0.3) is 5.91 Å². The second-order valence-corrected chi connectivity index (χ2v) is 6.97. The lowest BCUT2D eigenvalue weighted by atomic mass is 10.2. The molecule has 1 saturated heterocycles. The van der Waals surface area contributed by atoms with Gasteiger partial charge in [-0.15, -0.1) is 11.3 Å². The van der Waals surface area contributed by atoms with Gasteiger partial charge in [-0.05, 0) is 24.6 Å². The molecule has 0 spiro atoms. The van der Waals surface area contributed by atoms with Crippen molar-refractivity contribution >= 4 is 39.2 Å². The van der Waals surface area contributed by atoms with Crippen LogP contribution >= 0.6 is 11.3 Å². The molecule has 9 heteroatoms. The number of hydrogen-bond donors (Lipinski definition) is 2. The summed E-state index contributed by atoms with van der Waals surface area (Å²) in [5.74, 6) is 1.18. The number of aromatic nitrogens is 2. The van der Waals surface area contributed by atoms with E-state index < -0.39 is 0 Å². The quantitative estimate of drug-likeness (QED) is 0.725. The first kappa shape index (κ1) is 16.5. The molecule has 0 bridgehead atoms. The van der Waals surface area contributed by atoms with Gasteiger partial charge in [0.2, 0.25) is 5.91 Å². The molecule has 0 aromatic carbocycles. The molecular weight excluding hydrogens is 354 g/mol. The van der Waals surface area contributed by atoms with Crippen LogP contribution in [-0.4, -0.2) is 46.3 Å². The first-order valence-electron chi connectivity index (χ1n) is 8.20. The Hall–Kier alpha value is -2.94. The van der Waals surface area contributed by atoms with Crippen LogP contribution in [0.15, 0.2) is 29.1 Å². The van der Waals surface area contributed by atoms with Gasteiger partial charge in [0.05, 0.1) is 29.6 Å². The summed E-state index contributed by atoms with van der Waals surface area (Å²) in [7, 11) is 0. The normalized spacial score (nSPS) is 14.5. The van der Waals surface area contributed by atoms with Crippen LogP contribution in [0.4, 0.5) is 5.82 Å². The Kier molecular flexibility index (Phi) is 4.29. The van der Waals surface area contributed by atoms with E-state index >= 15 is 0 Å². The summed E-state index contributed by atoms with van der Waals surface area (Å²) in [4.78, 5) is 36.0. The second-order valence-electron chi connectivity index (χ2n) is 5.97. The number of carbonyl (C=O) groups excluding carboxylic acids is 2. The lowest BCUT2D eigenvalue weighted by molar-refractivity contribution is -0.123. The summed E-state index contributed by atoms with van der Waals surface area (Å²) in [6.07, 6.45) is 3.10. The lowest BCUT2D eigenvalue weighted by Gasteiger charge is -2.26. The van der Waals surface area contributed by atoms with E-state index in [9.17, 15) is 9.59 Å². The molecule has 26 heavy (non-hydrogen) atoms. The Morgan fingerprint density at radius 1 is 1.46 bits per heavy atom. The van der Waals surface area contributed by atoms with Gasteiger partial charge in [0.1, 0.15) is 22.7 Å². The summed E-state index contributed by atoms with van der Waals surface area (Å²) in [5.41, 5.74) is 0.823. The number of carbonyl (C=O) groups is 2. The van der Waals surface area contributed by atoms with E-state index in [0.29, 0.717) is 30.3 Å². The fraction of sp³-hybridized carbons (Fsp3) is 0.294. The molecule has 1 fully saturated rings. The Morgan fingerprint density at radius 3 is 3.12 bits per heavy atom. The highest BCUT2D eigenvalue weighted by Crippen LogP contribution is 2.34. The van der Waals surface area contributed by atoms with Gasteiger partial charge in [-0.2, -0.15) is 0 Å². The van der Waals surface area contributed by atoms with E-state index in [0.717, 1.165) is 21.5 Å². The number of thiophene rings is 1. The minimum atomic E-state index is -0.141. The molecule has 134 valence electrons. The van der Waals surface area contributed by atoms with Crippen molar-refractivity contribution in [1.82, 2.24) is 20.2 Å². The predicted molar refractivity (Wildman–Crippen MR) is 97.1 cm³/mol. The molecule has 8 nitrogen and oxygen atoms in total. The van der Waals surface area contributed by atoms with Gasteiger partial charge in [-0.1, -0.05) is 0 Å². The highest BCUT2D eigenvalue weighted by atomic mass is 32.1. The number of piperazine rings is 1. The maximum Gasteiger partial charge on any atom is 0.264 e.